The number of nitriles is 1. The molecule has 7 heteroatoms. The van der Waals surface area contributed by atoms with Crippen molar-refractivity contribution in [2.45, 2.75) is 23.8 Å². The summed E-state index contributed by atoms with van der Waals surface area (Å²) in [5.74, 6) is -0.299. The van der Waals surface area contributed by atoms with Gasteiger partial charge in [0.1, 0.15) is 0 Å². The van der Waals surface area contributed by atoms with E-state index in [0.717, 1.165) is 6.42 Å². The third kappa shape index (κ3) is 2.30. The van der Waals surface area contributed by atoms with Crippen molar-refractivity contribution in [2.24, 2.45) is 5.92 Å². The largest absolute Gasteiger partial charge is 0.354 e. The van der Waals surface area contributed by atoms with E-state index in [0.29, 0.717) is 25.1 Å². The van der Waals surface area contributed by atoms with Crippen LogP contribution in [-0.4, -0.2) is 37.8 Å². The maximum atomic E-state index is 12.7. The first-order valence-corrected chi connectivity index (χ1v) is 8.28. The molecule has 0 radical (unpaired) electrons. The van der Waals surface area contributed by atoms with Crippen molar-refractivity contribution >= 4 is 15.9 Å². The summed E-state index contributed by atoms with van der Waals surface area (Å²) in [4.78, 5) is 11.9. The van der Waals surface area contributed by atoms with E-state index in [1.165, 1.54) is 28.6 Å². The van der Waals surface area contributed by atoms with Gasteiger partial charge in [0.2, 0.25) is 15.9 Å². The van der Waals surface area contributed by atoms with Crippen molar-refractivity contribution in [3.63, 3.8) is 0 Å². The second-order valence-corrected chi connectivity index (χ2v) is 7.20. The molecule has 6 nitrogen and oxygen atoms in total. The number of nitrogens with one attached hydrogen (secondary N) is 1. The predicted molar refractivity (Wildman–Crippen MR) is 74.6 cm³/mol. The molecule has 0 bridgehead atoms. The Morgan fingerprint density at radius 1 is 1.29 bits per heavy atom. The summed E-state index contributed by atoms with van der Waals surface area (Å²) in [5.41, 5.74) is 0.420. The molecular formula is C14H15N3O3S. The topological polar surface area (TPSA) is 90.3 Å². The standard InChI is InChI=1S/C14H15N3O3S/c15-8-10-3-5-11(6-4-10)21(19,20)17-7-1-2-12-13(17)9-16-14(12)18/h3-6,12-13H,1-2,7,9H2,(H,16,18). The minimum Gasteiger partial charge on any atom is -0.354 e. The van der Waals surface area contributed by atoms with Crippen LogP contribution in [-0.2, 0) is 14.8 Å². The Morgan fingerprint density at radius 2 is 2.00 bits per heavy atom. The molecule has 1 aromatic rings. The second-order valence-electron chi connectivity index (χ2n) is 5.31. The van der Waals surface area contributed by atoms with E-state index in [9.17, 15) is 13.2 Å². The molecule has 2 fully saturated rings. The molecule has 2 aliphatic rings. The molecule has 0 aromatic heterocycles. The Balaban J connectivity index is 1.93. The lowest BCUT2D eigenvalue weighted by molar-refractivity contribution is -0.123. The van der Waals surface area contributed by atoms with E-state index in [4.69, 9.17) is 5.26 Å². The fraction of sp³-hybridized carbons (Fsp3) is 0.429. The molecule has 2 aliphatic heterocycles. The molecule has 2 saturated heterocycles. The third-order valence-corrected chi connectivity index (χ3v) is 6.08. The van der Waals surface area contributed by atoms with Crippen molar-refractivity contribution in [1.82, 2.24) is 9.62 Å². The first-order chi connectivity index (χ1) is 10.0. The Morgan fingerprint density at radius 3 is 2.67 bits per heavy atom. The maximum Gasteiger partial charge on any atom is 0.243 e. The molecule has 0 spiro atoms. The molecule has 21 heavy (non-hydrogen) atoms. The number of hydrogen-bond acceptors (Lipinski definition) is 4. The molecule has 3 rings (SSSR count). The molecule has 110 valence electrons. The summed E-state index contributed by atoms with van der Waals surface area (Å²) in [6.45, 7) is 0.803. The monoisotopic (exact) mass is 305 g/mol. The van der Waals surface area contributed by atoms with Crippen molar-refractivity contribution < 1.29 is 13.2 Å². The number of piperidine rings is 1. The van der Waals surface area contributed by atoms with Crippen LogP contribution in [0.1, 0.15) is 18.4 Å². The Labute approximate surface area is 123 Å². The number of benzene rings is 1. The molecular weight excluding hydrogens is 290 g/mol. The van der Waals surface area contributed by atoms with Crippen molar-refractivity contribution in [3.05, 3.63) is 29.8 Å². The number of fused-ring (bicyclic) bond motifs is 1. The highest BCUT2D eigenvalue weighted by Gasteiger charge is 2.45. The lowest BCUT2D eigenvalue weighted by Gasteiger charge is -2.34. The molecule has 2 unspecified atom stereocenters. The van der Waals surface area contributed by atoms with Gasteiger partial charge in [0.05, 0.1) is 28.5 Å². The first kappa shape index (κ1) is 14.0. The van der Waals surface area contributed by atoms with Gasteiger partial charge in [-0.25, -0.2) is 8.42 Å². The average molecular weight is 305 g/mol. The first-order valence-electron chi connectivity index (χ1n) is 6.84. The van der Waals surface area contributed by atoms with Gasteiger partial charge in [-0.2, -0.15) is 9.57 Å². The zero-order valence-electron chi connectivity index (χ0n) is 11.3. The van der Waals surface area contributed by atoms with Gasteiger partial charge in [-0.05, 0) is 37.1 Å². The third-order valence-electron chi connectivity index (χ3n) is 4.14. The Bertz CT molecular complexity index is 706. The number of rotatable bonds is 2. The van der Waals surface area contributed by atoms with Crippen LogP contribution >= 0.6 is 0 Å². The minimum absolute atomic E-state index is 0.0558. The molecule has 1 aromatic carbocycles. The van der Waals surface area contributed by atoms with E-state index in [2.05, 4.69) is 5.32 Å². The lowest BCUT2D eigenvalue weighted by Crippen LogP contribution is -2.48. The number of carbonyl (C=O) groups is 1. The summed E-state index contributed by atoms with van der Waals surface area (Å²) < 4.78 is 26.9. The SMILES string of the molecule is N#Cc1ccc(S(=O)(=O)N2CCCC3C(=O)NCC32)cc1. The number of hydrogen-bond donors (Lipinski definition) is 1. The van der Waals surface area contributed by atoms with Crippen LogP contribution in [0.5, 0.6) is 0 Å². The molecule has 0 aliphatic carbocycles. The summed E-state index contributed by atoms with van der Waals surface area (Å²) in [6, 6.07) is 7.54. The number of nitrogens with zero attached hydrogens (tertiary/aromatic N) is 2. The Kier molecular flexibility index (Phi) is 3.43. The van der Waals surface area contributed by atoms with Crippen LogP contribution in [0, 0.1) is 17.2 Å². The van der Waals surface area contributed by atoms with E-state index in [1.807, 2.05) is 6.07 Å². The van der Waals surface area contributed by atoms with Gasteiger partial charge in [-0.3, -0.25) is 4.79 Å². The number of amides is 1. The molecule has 1 N–H and O–H groups in total. The fourth-order valence-electron chi connectivity index (χ4n) is 3.05. The highest BCUT2D eigenvalue weighted by molar-refractivity contribution is 7.89. The quantitative estimate of drug-likeness (QED) is 0.859. The van der Waals surface area contributed by atoms with Crippen molar-refractivity contribution in [2.75, 3.05) is 13.1 Å². The van der Waals surface area contributed by atoms with E-state index < -0.39 is 10.0 Å². The van der Waals surface area contributed by atoms with E-state index in [1.54, 1.807) is 0 Å². The average Bonchev–Trinajstić information content (AvgIpc) is 2.89. The van der Waals surface area contributed by atoms with Crippen molar-refractivity contribution in [1.29, 1.82) is 5.26 Å². The molecule has 0 saturated carbocycles. The van der Waals surface area contributed by atoms with Gasteiger partial charge in [0.15, 0.2) is 0 Å². The summed E-state index contributed by atoms with van der Waals surface area (Å²) in [6.07, 6.45) is 1.42. The Hall–Kier alpha value is -1.91. The number of sulfonamides is 1. The fourth-order valence-corrected chi connectivity index (χ4v) is 4.75. The maximum absolute atomic E-state index is 12.7. The summed E-state index contributed by atoms with van der Waals surface area (Å²) >= 11 is 0. The van der Waals surface area contributed by atoms with E-state index >= 15 is 0 Å². The van der Waals surface area contributed by atoms with Crippen LogP contribution in [0.25, 0.3) is 0 Å². The molecule has 2 heterocycles. The highest BCUT2D eigenvalue weighted by atomic mass is 32.2. The second kappa shape index (κ2) is 5.13. The highest BCUT2D eigenvalue weighted by Crippen LogP contribution is 2.31. The van der Waals surface area contributed by atoms with Gasteiger partial charge in [-0.15, -0.1) is 0 Å². The minimum atomic E-state index is -3.63. The van der Waals surface area contributed by atoms with Gasteiger partial charge >= 0.3 is 0 Å². The van der Waals surface area contributed by atoms with E-state index in [-0.39, 0.29) is 22.8 Å². The normalized spacial score (nSPS) is 26.0. The zero-order valence-corrected chi connectivity index (χ0v) is 12.1. The van der Waals surface area contributed by atoms with Crippen LogP contribution in [0.4, 0.5) is 0 Å². The van der Waals surface area contributed by atoms with Gasteiger partial charge < -0.3 is 5.32 Å². The van der Waals surface area contributed by atoms with Crippen LogP contribution < -0.4 is 5.32 Å². The van der Waals surface area contributed by atoms with Crippen molar-refractivity contribution in [3.8, 4) is 6.07 Å². The molecule has 1 amide bonds. The smallest absolute Gasteiger partial charge is 0.243 e. The predicted octanol–water partition coefficient (Wildman–Crippen LogP) is 0.457. The zero-order chi connectivity index (χ0) is 15.0. The number of carbonyl (C=O) groups excluding carboxylic acids is 1. The van der Waals surface area contributed by atoms with Gasteiger partial charge in [0, 0.05) is 13.1 Å². The van der Waals surface area contributed by atoms with Gasteiger partial charge in [0.25, 0.3) is 0 Å². The van der Waals surface area contributed by atoms with Crippen LogP contribution in [0.15, 0.2) is 29.2 Å². The molecule has 2 atom stereocenters. The lowest BCUT2D eigenvalue weighted by atomic mass is 9.93. The van der Waals surface area contributed by atoms with Crippen LogP contribution in [0.3, 0.4) is 0 Å². The van der Waals surface area contributed by atoms with Crippen LogP contribution in [0.2, 0.25) is 0 Å². The summed E-state index contributed by atoms with van der Waals surface area (Å²) in [7, 11) is -3.63. The van der Waals surface area contributed by atoms with Gasteiger partial charge in [-0.1, -0.05) is 0 Å². The summed E-state index contributed by atoms with van der Waals surface area (Å²) in [5, 5.41) is 11.5.